The monoisotopic (exact) mass is 398 g/mol. The van der Waals surface area contributed by atoms with Crippen LogP contribution in [0.2, 0.25) is 8.67 Å². The van der Waals surface area contributed by atoms with Gasteiger partial charge in [-0.15, -0.1) is 11.3 Å². The van der Waals surface area contributed by atoms with E-state index in [1.807, 2.05) is 0 Å². The molecule has 0 radical (unpaired) electrons. The van der Waals surface area contributed by atoms with Crippen molar-refractivity contribution in [3.05, 3.63) is 20.3 Å². The van der Waals surface area contributed by atoms with E-state index in [-0.39, 0.29) is 11.8 Å². The Morgan fingerprint density at radius 1 is 1.35 bits per heavy atom. The largest absolute Gasteiger partial charge is 0.441 e. The van der Waals surface area contributed by atoms with Crippen molar-refractivity contribution in [2.45, 2.75) is 24.2 Å². The van der Waals surface area contributed by atoms with Crippen molar-refractivity contribution in [1.29, 1.82) is 0 Å². The molecular weight excluding hydrogens is 383 g/mol. The third-order valence-corrected chi connectivity index (χ3v) is 7.63. The highest BCUT2D eigenvalue weighted by molar-refractivity contribution is 7.88. The van der Waals surface area contributed by atoms with Crippen molar-refractivity contribution in [3.8, 4) is 0 Å². The fraction of sp³-hybridized carbons (Fsp3) is 0.615. The molecule has 10 heteroatoms. The van der Waals surface area contributed by atoms with Gasteiger partial charge in [-0.05, 0) is 11.6 Å². The fourth-order valence-electron chi connectivity index (χ4n) is 2.98. The molecule has 1 aromatic rings. The van der Waals surface area contributed by atoms with E-state index in [1.165, 1.54) is 9.21 Å². The fourth-order valence-corrected chi connectivity index (χ4v) is 6.18. The lowest BCUT2D eigenvalue weighted by molar-refractivity contribution is 0.0172. The summed E-state index contributed by atoms with van der Waals surface area (Å²) in [6.07, 6.45) is 0.655. The van der Waals surface area contributed by atoms with Gasteiger partial charge in [0.15, 0.2) is 0 Å². The molecule has 0 bridgehead atoms. The van der Waals surface area contributed by atoms with E-state index in [4.69, 9.17) is 27.9 Å². The zero-order chi connectivity index (χ0) is 16.8. The first-order valence-electron chi connectivity index (χ1n) is 7.06. The van der Waals surface area contributed by atoms with Crippen LogP contribution in [0.25, 0.3) is 0 Å². The highest BCUT2D eigenvalue weighted by Crippen LogP contribution is 2.36. The van der Waals surface area contributed by atoms with Gasteiger partial charge < -0.3 is 9.64 Å². The van der Waals surface area contributed by atoms with Gasteiger partial charge in [0.05, 0.1) is 21.0 Å². The van der Waals surface area contributed by atoms with Crippen LogP contribution in [-0.4, -0.2) is 56.0 Å². The number of thiophene rings is 1. The van der Waals surface area contributed by atoms with E-state index in [1.54, 1.807) is 13.1 Å². The number of carbonyl (C=O) groups excluding carboxylic acids is 1. The Bertz CT molecular complexity index is 726. The predicted molar refractivity (Wildman–Crippen MR) is 89.6 cm³/mol. The van der Waals surface area contributed by atoms with Crippen molar-refractivity contribution >= 4 is 50.7 Å². The van der Waals surface area contributed by atoms with Gasteiger partial charge in [0.25, 0.3) is 0 Å². The molecule has 2 saturated heterocycles. The summed E-state index contributed by atoms with van der Waals surface area (Å²) in [6.45, 7) is 1.17. The van der Waals surface area contributed by atoms with Gasteiger partial charge in [0, 0.05) is 33.0 Å². The quantitative estimate of drug-likeness (QED) is 0.784. The number of carbonyl (C=O) groups is 1. The SMILES string of the molecule is CN1CC2(CCN(S(=O)(=O)Cc3cc(Cl)sc3Cl)CC2)OC1=O. The minimum atomic E-state index is -3.48. The van der Waals surface area contributed by atoms with Crippen molar-refractivity contribution in [2.75, 3.05) is 26.7 Å². The smallest absolute Gasteiger partial charge is 0.410 e. The van der Waals surface area contributed by atoms with Crippen LogP contribution < -0.4 is 0 Å². The standard InChI is InChI=1S/C13H16Cl2N2O4S2/c1-16-8-13(21-12(16)18)2-4-17(5-3-13)23(19,20)7-9-6-10(14)22-11(9)15/h6H,2-5,7-8H2,1H3. The van der Waals surface area contributed by atoms with Gasteiger partial charge in [-0.3, -0.25) is 0 Å². The number of rotatable bonds is 3. The molecule has 1 spiro atoms. The number of hydrogen-bond donors (Lipinski definition) is 0. The highest BCUT2D eigenvalue weighted by Gasteiger charge is 2.47. The first kappa shape index (κ1) is 17.3. The normalized spacial score (nSPS) is 21.9. The summed E-state index contributed by atoms with van der Waals surface area (Å²) in [7, 11) is -1.79. The summed E-state index contributed by atoms with van der Waals surface area (Å²) in [6, 6.07) is 1.59. The van der Waals surface area contributed by atoms with Gasteiger partial charge in [-0.1, -0.05) is 23.2 Å². The number of sulfonamides is 1. The number of nitrogens with zero attached hydrogens (tertiary/aromatic N) is 2. The van der Waals surface area contributed by atoms with E-state index >= 15 is 0 Å². The summed E-state index contributed by atoms with van der Waals surface area (Å²) in [5.41, 5.74) is -0.0322. The van der Waals surface area contributed by atoms with Gasteiger partial charge in [-0.2, -0.15) is 0 Å². The highest BCUT2D eigenvalue weighted by atomic mass is 35.5. The lowest BCUT2D eigenvalue weighted by Crippen LogP contribution is -2.48. The molecular formula is C13H16Cl2N2O4S2. The first-order valence-corrected chi connectivity index (χ1v) is 10.2. The second kappa shape index (κ2) is 6.07. The molecule has 0 saturated carbocycles. The molecule has 23 heavy (non-hydrogen) atoms. The average molecular weight is 399 g/mol. The lowest BCUT2D eigenvalue weighted by atomic mass is 9.92. The number of hydrogen-bond acceptors (Lipinski definition) is 5. The Kier molecular flexibility index (Phi) is 4.57. The number of halogens is 2. The van der Waals surface area contributed by atoms with E-state index < -0.39 is 15.6 Å². The van der Waals surface area contributed by atoms with E-state index in [9.17, 15) is 13.2 Å². The maximum absolute atomic E-state index is 12.6. The number of likely N-dealkylation sites (N-methyl/N-ethyl adjacent to an activating group) is 1. The molecule has 0 atom stereocenters. The molecule has 3 rings (SSSR count). The second-order valence-electron chi connectivity index (χ2n) is 5.91. The maximum Gasteiger partial charge on any atom is 0.410 e. The van der Waals surface area contributed by atoms with Crippen LogP contribution in [0.3, 0.4) is 0 Å². The topological polar surface area (TPSA) is 66.9 Å². The van der Waals surface area contributed by atoms with Crippen LogP contribution in [0.4, 0.5) is 4.79 Å². The van der Waals surface area contributed by atoms with Crippen LogP contribution >= 0.6 is 34.5 Å². The Balaban J connectivity index is 1.67. The second-order valence-corrected chi connectivity index (χ2v) is 10.2. The zero-order valence-corrected chi connectivity index (χ0v) is 15.6. The maximum atomic E-state index is 12.6. The van der Waals surface area contributed by atoms with E-state index in [2.05, 4.69) is 0 Å². The predicted octanol–water partition coefficient (Wildman–Crippen LogP) is 2.80. The van der Waals surface area contributed by atoms with E-state index in [0.29, 0.717) is 46.7 Å². The number of piperidine rings is 1. The number of amides is 1. The molecule has 128 valence electrons. The average Bonchev–Trinajstić information content (AvgIpc) is 2.89. The molecule has 2 aliphatic rings. The Hall–Kier alpha value is -0.540. The molecule has 0 aliphatic carbocycles. The van der Waals surface area contributed by atoms with E-state index in [0.717, 1.165) is 11.3 Å². The molecule has 0 unspecified atom stereocenters. The van der Waals surface area contributed by atoms with Crippen LogP contribution in [-0.2, 0) is 20.5 Å². The van der Waals surface area contributed by atoms with Crippen molar-refractivity contribution in [1.82, 2.24) is 9.21 Å². The Morgan fingerprint density at radius 3 is 2.48 bits per heavy atom. The third kappa shape index (κ3) is 3.46. The first-order chi connectivity index (χ1) is 10.7. The summed E-state index contributed by atoms with van der Waals surface area (Å²) < 4.78 is 32.9. The molecule has 6 nitrogen and oxygen atoms in total. The van der Waals surface area contributed by atoms with Crippen LogP contribution in [0, 0.1) is 0 Å². The van der Waals surface area contributed by atoms with Gasteiger partial charge in [0.2, 0.25) is 10.0 Å². The van der Waals surface area contributed by atoms with Crippen molar-refractivity contribution in [3.63, 3.8) is 0 Å². The van der Waals surface area contributed by atoms with Gasteiger partial charge >= 0.3 is 6.09 Å². The Labute approximate surface area is 149 Å². The number of ether oxygens (including phenoxy) is 1. The van der Waals surface area contributed by atoms with Crippen LogP contribution in [0.15, 0.2) is 6.07 Å². The van der Waals surface area contributed by atoms with Gasteiger partial charge in [-0.25, -0.2) is 17.5 Å². The van der Waals surface area contributed by atoms with Crippen molar-refractivity contribution < 1.29 is 17.9 Å². The summed E-state index contributed by atoms with van der Waals surface area (Å²) in [5.74, 6) is -0.165. The minimum Gasteiger partial charge on any atom is -0.441 e. The molecule has 2 aliphatic heterocycles. The molecule has 1 amide bonds. The summed E-state index contributed by atoms with van der Waals surface area (Å²) in [5, 5.41) is 0. The van der Waals surface area contributed by atoms with Gasteiger partial charge in [0.1, 0.15) is 5.60 Å². The Morgan fingerprint density at radius 2 is 2.00 bits per heavy atom. The van der Waals surface area contributed by atoms with Crippen LogP contribution in [0.5, 0.6) is 0 Å². The molecule has 1 aromatic heterocycles. The zero-order valence-electron chi connectivity index (χ0n) is 12.4. The van der Waals surface area contributed by atoms with Crippen LogP contribution in [0.1, 0.15) is 18.4 Å². The molecule has 0 aromatic carbocycles. The summed E-state index contributed by atoms with van der Waals surface area (Å²) >= 11 is 13.0. The van der Waals surface area contributed by atoms with Crippen molar-refractivity contribution in [2.24, 2.45) is 0 Å². The minimum absolute atomic E-state index is 0.165. The summed E-state index contributed by atoms with van der Waals surface area (Å²) in [4.78, 5) is 13.1. The molecule has 2 fully saturated rings. The molecule has 0 N–H and O–H groups in total. The lowest BCUT2D eigenvalue weighted by Gasteiger charge is -2.36. The third-order valence-electron chi connectivity index (χ3n) is 4.23. The molecule has 3 heterocycles.